The van der Waals surface area contributed by atoms with Crippen molar-refractivity contribution >= 4 is 22.6 Å². The molecule has 0 saturated heterocycles. The first-order valence-corrected chi connectivity index (χ1v) is 9.28. The number of carbonyl (C=O) groups excluding carboxylic acids is 1. The number of aryl methyl sites for hydroxylation is 1. The number of fused-ring (bicyclic) bond motifs is 1. The molecule has 0 aliphatic rings. The number of amides is 1. The lowest BCUT2D eigenvalue weighted by Crippen LogP contribution is -2.15. The van der Waals surface area contributed by atoms with Crippen molar-refractivity contribution in [2.45, 2.75) is 6.92 Å². The number of nitrogens with zero attached hydrogens (tertiary/aromatic N) is 7. The lowest BCUT2D eigenvalue weighted by molar-refractivity contribution is 0.102. The highest BCUT2D eigenvalue weighted by molar-refractivity contribution is 6.05. The van der Waals surface area contributed by atoms with E-state index in [1.165, 1.54) is 28.2 Å². The molecule has 0 spiro atoms. The Balaban J connectivity index is 1.49. The van der Waals surface area contributed by atoms with Crippen molar-refractivity contribution in [2.24, 2.45) is 0 Å². The Morgan fingerprint density at radius 2 is 2.00 bits per heavy atom. The average molecular weight is 413 g/mol. The first-order valence-electron chi connectivity index (χ1n) is 9.28. The Kier molecular flexibility index (Phi) is 4.32. The Hall–Kier alpha value is -4.67. The third kappa shape index (κ3) is 3.23. The number of carbonyl (C=O) groups is 1. The molecule has 31 heavy (non-hydrogen) atoms. The minimum absolute atomic E-state index is 0.282. The van der Waals surface area contributed by atoms with Crippen molar-refractivity contribution < 1.29 is 4.79 Å². The molecule has 0 saturated carbocycles. The van der Waals surface area contributed by atoms with Gasteiger partial charge in [0.05, 0.1) is 29.6 Å². The van der Waals surface area contributed by atoms with Gasteiger partial charge in [0.1, 0.15) is 11.7 Å². The topological polar surface area (TPSA) is 136 Å². The van der Waals surface area contributed by atoms with Crippen molar-refractivity contribution in [2.75, 3.05) is 5.32 Å². The molecule has 2 N–H and O–H groups in total. The van der Waals surface area contributed by atoms with Gasteiger partial charge >= 0.3 is 0 Å². The summed E-state index contributed by atoms with van der Waals surface area (Å²) in [4.78, 5) is 31.7. The fourth-order valence-corrected chi connectivity index (χ4v) is 3.32. The van der Waals surface area contributed by atoms with Gasteiger partial charge in [-0.05, 0) is 53.2 Å². The summed E-state index contributed by atoms with van der Waals surface area (Å²) in [6.45, 7) is 1.88. The van der Waals surface area contributed by atoms with Crippen molar-refractivity contribution in [3.63, 3.8) is 0 Å². The predicted octanol–water partition coefficient (Wildman–Crippen LogP) is 1.65. The van der Waals surface area contributed by atoms with E-state index >= 15 is 0 Å². The molecule has 0 aliphatic heterocycles. The van der Waals surface area contributed by atoms with Gasteiger partial charge in [0.2, 0.25) is 0 Å². The molecule has 0 fully saturated rings. The zero-order chi connectivity index (χ0) is 21.4. The van der Waals surface area contributed by atoms with Gasteiger partial charge in [-0.2, -0.15) is 5.10 Å². The van der Waals surface area contributed by atoms with Crippen LogP contribution in [0.25, 0.3) is 22.4 Å². The molecule has 3 heterocycles. The Bertz CT molecular complexity index is 1470. The molecule has 0 radical (unpaired) electrons. The molecule has 152 valence electrons. The maximum Gasteiger partial charge on any atom is 0.261 e. The van der Waals surface area contributed by atoms with Gasteiger partial charge in [-0.25, -0.2) is 14.3 Å². The summed E-state index contributed by atoms with van der Waals surface area (Å²) in [6, 6.07) is 12.4. The van der Waals surface area contributed by atoms with Crippen molar-refractivity contribution in [1.82, 2.24) is 40.0 Å². The summed E-state index contributed by atoms with van der Waals surface area (Å²) in [6.07, 6.45) is 4.26. The number of benzene rings is 2. The highest BCUT2D eigenvalue weighted by Crippen LogP contribution is 2.23. The smallest absolute Gasteiger partial charge is 0.261 e. The molecule has 5 rings (SSSR count). The quantitative estimate of drug-likeness (QED) is 0.457. The number of rotatable bonds is 4. The molecule has 11 heteroatoms. The largest absolute Gasteiger partial charge is 0.320 e. The number of anilines is 1. The number of nitrogens with one attached hydrogen (secondary N) is 2. The van der Waals surface area contributed by atoms with Gasteiger partial charge in [-0.15, -0.1) is 5.10 Å². The van der Waals surface area contributed by atoms with Crippen LogP contribution in [0.2, 0.25) is 0 Å². The average Bonchev–Trinajstić information content (AvgIpc) is 3.45. The maximum atomic E-state index is 12.9. The Morgan fingerprint density at radius 3 is 2.81 bits per heavy atom. The number of para-hydroxylation sites is 2. The fourth-order valence-electron chi connectivity index (χ4n) is 3.32. The van der Waals surface area contributed by atoms with Crippen LogP contribution in [0.15, 0.2) is 66.1 Å². The van der Waals surface area contributed by atoms with E-state index in [2.05, 4.69) is 35.9 Å². The van der Waals surface area contributed by atoms with Crippen LogP contribution >= 0.6 is 0 Å². The van der Waals surface area contributed by atoms with Crippen LogP contribution in [0.3, 0.4) is 0 Å². The van der Waals surface area contributed by atoms with Crippen molar-refractivity contribution in [3.8, 4) is 11.4 Å². The molecule has 0 aliphatic carbocycles. The molecule has 11 nitrogen and oxygen atoms in total. The molecule has 3 aromatic heterocycles. The van der Waals surface area contributed by atoms with E-state index in [-0.39, 0.29) is 11.5 Å². The van der Waals surface area contributed by atoms with Gasteiger partial charge in [-0.1, -0.05) is 12.1 Å². The van der Waals surface area contributed by atoms with Crippen LogP contribution < -0.4 is 10.9 Å². The van der Waals surface area contributed by atoms with Gasteiger partial charge in [0, 0.05) is 5.56 Å². The summed E-state index contributed by atoms with van der Waals surface area (Å²) in [5, 5.41) is 18.7. The van der Waals surface area contributed by atoms with E-state index in [0.717, 1.165) is 11.3 Å². The fraction of sp³-hybridized carbons (Fsp3) is 0.0500. The van der Waals surface area contributed by atoms with E-state index in [4.69, 9.17) is 0 Å². The van der Waals surface area contributed by atoms with E-state index in [0.29, 0.717) is 28.0 Å². The summed E-state index contributed by atoms with van der Waals surface area (Å²) >= 11 is 0. The molecule has 5 aromatic rings. The number of aromatic nitrogens is 8. The van der Waals surface area contributed by atoms with Crippen molar-refractivity contribution in [3.05, 3.63) is 82.8 Å². The van der Waals surface area contributed by atoms with Crippen LogP contribution in [0, 0.1) is 6.92 Å². The summed E-state index contributed by atoms with van der Waals surface area (Å²) in [7, 11) is 0. The monoisotopic (exact) mass is 413 g/mol. The molecular formula is C20H15N9O2. The minimum Gasteiger partial charge on any atom is -0.320 e. The van der Waals surface area contributed by atoms with E-state index in [1.807, 2.05) is 13.0 Å². The molecule has 2 aromatic carbocycles. The van der Waals surface area contributed by atoms with Gasteiger partial charge in [0.15, 0.2) is 5.65 Å². The molecule has 0 atom stereocenters. The van der Waals surface area contributed by atoms with Crippen LogP contribution in [-0.2, 0) is 0 Å². The summed E-state index contributed by atoms with van der Waals surface area (Å²) in [5.41, 5.74) is 3.33. The highest BCUT2D eigenvalue weighted by Gasteiger charge is 2.15. The summed E-state index contributed by atoms with van der Waals surface area (Å²) < 4.78 is 3.05. The predicted molar refractivity (Wildman–Crippen MR) is 111 cm³/mol. The van der Waals surface area contributed by atoms with Gasteiger partial charge in [-0.3, -0.25) is 9.59 Å². The van der Waals surface area contributed by atoms with Gasteiger partial charge in [0.25, 0.3) is 11.5 Å². The van der Waals surface area contributed by atoms with Crippen LogP contribution in [0.1, 0.15) is 15.9 Å². The number of hydrogen-bond donors (Lipinski definition) is 2. The van der Waals surface area contributed by atoms with Crippen LogP contribution in [0.5, 0.6) is 0 Å². The van der Waals surface area contributed by atoms with Crippen LogP contribution in [-0.4, -0.2) is 45.9 Å². The third-order valence-corrected chi connectivity index (χ3v) is 4.81. The zero-order valence-electron chi connectivity index (χ0n) is 16.2. The lowest BCUT2D eigenvalue weighted by atomic mass is 10.1. The molecule has 0 unspecified atom stereocenters. The third-order valence-electron chi connectivity index (χ3n) is 4.81. The van der Waals surface area contributed by atoms with E-state index in [1.54, 1.807) is 36.4 Å². The lowest BCUT2D eigenvalue weighted by Gasteiger charge is -2.12. The number of H-pyrrole nitrogens is 1. The number of hydrogen-bond acceptors (Lipinski definition) is 7. The maximum absolute atomic E-state index is 12.9. The molecular weight excluding hydrogens is 398 g/mol. The first kappa shape index (κ1) is 18.4. The Morgan fingerprint density at radius 1 is 1.13 bits per heavy atom. The second-order valence-corrected chi connectivity index (χ2v) is 6.75. The zero-order valence-corrected chi connectivity index (χ0v) is 16.2. The van der Waals surface area contributed by atoms with Crippen LogP contribution in [0.4, 0.5) is 5.69 Å². The summed E-state index contributed by atoms with van der Waals surface area (Å²) in [5.74, 6) is -0.291. The standard InChI is InChI=1S/C20H15N9O2/c1-12-8-13(6-7-16(12)28-11-23-26-27-28)19(30)25-15-4-2-3-5-17(15)29-18-14(9-24-29)20(31)22-10-21-18/h2-11H,1H3,(H,25,30)(H,21,22,31). The van der Waals surface area contributed by atoms with Gasteiger partial charge < -0.3 is 10.3 Å². The SMILES string of the molecule is Cc1cc(C(=O)Nc2ccccc2-n2ncc3c(=O)[nH]cnc32)ccc1-n1cnnn1. The van der Waals surface area contributed by atoms with E-state index < -0.39 is 0 Å². The highest BCUT2D eigenvalue weighted by atomic mass is 16.1. The second-order valence-electron chi connectivity index (χ2n) is 6.75. The number of aromatic amines is 1. The molecule has 1 amide bonds. The second kappa shape index (κ2) is 7.30. The molecule has 0 bridgehead atoms. The first-order chi connectivity index (χ1) is 15.1. The van der Waals surface area contributed by atoms with Crippen molar-refractivity contribution in [1.29, 1.82) is 0 Å². The van der Waals surface area contributed by atoms with E-state index in [9.17, 15) is 9.59 Å². The number of tetrazole rings is 1. The normalized spacial score (nSPS) is 11.0. The minimum atomic E-state index is -0.291. The Labute approximate surface area is 174 Å².